The molecule has 2 amide bonds. The lowest BCUT2D eigenvalue weighted by Gasteiger charge is -2.33. The predicted molar refractivity (Wildman–Crippen MR) is 119 cm³/mol. The number of ether oxygens (including phenoxy) is 1. The SMILES string of the molecule is O=C(CNC(=O)OCC1c2ccccc2-c2ccccc21)NCC1(C(=O)O)CCCCC1. The Morgan fingerprint density at radius 2 is 1.50 bits per heavy atom. The van der Waals surface area contributed by atoms with Gasteiger partial charge in [-0.15, -0.1) is 0 Å². The molecule has 0 saturated heterocycles. The Morgan fingerprint density at radius 1 is 0.906 bits per heavy atom. The Kier molecular flexibility index (Phi) is 6.44. The summed E-state index contributed by atoms with van der Waals surface area (Å²) in [4.78, 5) is 36.1. The minimum Gasteiger partial charge on any atom is -0.481 e. The molecule has 0 spiro atoms. The van der Waals surface area contributed by atoms with Crippen LogP contribution in [0.15, 0.2) is 48.5 Å². The van der Waals surface area contributed by atoms with Crippen molar-refractivity contribution in [1.82, 2.24) is 10.6 Å². The second-order valence-electron chi connectivity index (χ2n) is 8.60. The van der Waals surface area contributed by atoms with Crippen molar-refractivity contribution in [3.8, 4) is 11.1 Å². The fourth-order valence-electron chi connectivity index (χ4n) is 4.83. The average molecular weight is 437 g/mol. The van der Waals surface area contributed by atoms with E-state index < -0.39 is 23.4 Å². The Labute approximate surface area is 187 Å². The predicted octanol–water partition coefficient (Wildman–Crippen LogP) is 3.68. The van der Waals surface area contributed by atoms with Crippen molar-refractivity contribution in [2.24, 2.45) is 5.41 Å². The summed E-state index contributed by atoms with van der Waals surface area (Å²) in [7, 11) is 0. The third-order valence-electron chi connectivity index (χ3n) is 6.63. The summed E-state index contributed by atoms with van der Waals surface area (Å²) in [5.41, 5.74) is 3.62. The first-order valence-electron chi connectivity index (χ1n) is 11.1. The maximum absolute atomic E-state index is 12.2. The molecule has 7 nitrogen and oxygen atoms in total. The van der Waals surface area contributed by atoms with Gasteiger partial charge in [0.2, 0.25) is 5.91 Å². The van der Waals surface area contributed by atoms with E-state index in [9.17, 15) is 19.5 Å². The highest BCUT2D eigenvalue weighted by Crippen LogP contribution is 2.44. The summed E-state index contributed by atoms with van der Waals surface area (Å²) < 4.78 is 5.42. The summed E-state index contributed by atoms with van der Waals surface area (Å²) in [6.07, 6.45) is 3.16. The van der Waals surface area contributed by atoms with E-state index in [4.69, 9.17) is 4.74 Å². The van der Waals surface area contributed by atoms with Crippen molar-refractivity contribution in [1.29, 1.82) is 0 Å². The van der Waals surface area contributed by atoms with Crippen LogP contribution < -0.4 is 10.6 Å². The van der Waals surface area contributed by atoms with Gasteiger partial charge in [0.15, 0.2) is 0 Å². The first-order chi connectivity index (χ1) is 15.5. The van der Waals surface area contributed by atoms with Crippen molar-refractivity contribution in [3.05, 3.63) is 59.7 Å². The van der Waals surface area contributed by atoms with E-state index >= 15 is 0 Å². The van der Waals surface area contributed by atoms with E-state index in [1.165, 1.54) is 0 Å². The zero-order valence-corrected chi connectivity index (χ0v) is 17.9. The number of benzene rings is 2. The number of carbonyl (C=O) groups is 3. The summed E-state index contributed by atoms with van der Waals surface area (Å²) in [6, 6.07) is 16.1. The molecule has 0 heterocycles. The fourth-order valence-corrected chi connectivity index (χ4v) is 4.83. The maximum Gasteiger partial charge on any atom is 0.407 e. The van der Waals surface area contributed by atoms with E-state index in [2.05, 4.69) is 22.8 Å². The highest BCUT2D eigenvalue weighted by molar-refractivity contribution is 5.83. The normalized spacial score (nSPS) is 16.5. The number of nitrogens with one attached hydrogen (secondary N) is 2. The minimum absolute atomic E-state index is 0.0521. The highest BCUT2D eigenvalue weighted by atomic mass is 16.5. The third-order valence-corrected chi connectivity index (χ3v) is 6.63. The smallest absolute Gasteiger partial charge is 0.407 e. The van der Waals surface area contributed by atoms with Gasteiger partial charge in [-0.25, -0.2) is 4.79 Å². The Hall–Kier alpha value is -3.35. The zero-order valence-electron chi connectivity index (χ0n) is 17.9. The number of carbonyl (C=O) groups excluding carboxylic acids is 2. The van der Waals surface area contributed by atoms with Crippen LogP contribution in [0.25, 0.3) is 11.1 Å². The number of fused-ring (bicyclic) bond motifs is 3. The number of carboxylic acid groups (broad SMARTS) is 1. The summed E-state index contributed by atoms with van der Waals surface area (Å²) in [6.45, 7) is -0.0104. The third kappa shape index (κ3) is 4.47. The van der Waals surface area contributed by atoms with Crippen LogP contribution in [0.5, 0.6) is 0 Å². The molecule has 0 unspecified atom stereocenters. The molecule has 2 aromatic rings. The monoisotopic (exact) mass is 436 g/mol. The van der Waals surface area contributed by atoms with Crippen molar-refractivity contribution >= 4 is 18.0 Å². The molecular weight excluding hydrogens is 408 g/mol. The molecule has 2 aliphatic rings. The van der Waals surface area contributed by atoms with Gasteiger partial charge in [0.1, 0.15) is 6.61 Å². The first-order valence-corrected chi connectivity index (χ1v) is 11.1. The minimum atomic E-state index is -0.905. The number of amides is 2. The molecule has 2 aromatic carbocycles. The maximum atomic E-state index is 12.2. The second kappa shape index (κ2) is 9.42. The number of hydrogen-bond donors (Lipinski definition) is 3. The average Bonchev–Trinajstić information content (AvgIpc) is 3.14. The van der Waals surface area contributed by atoms with Crippen LogP contribution in [0.2, 0.25) is 0 Å². The molecular formula is C25H28N2O5. The van der Waals surface area contributed by atoms with Crippen molar-refractivity contribution in [2.75, 3.05) is 19.7 Å². The van der Waals surface area contributed by atoms with Gasteiger partial charge in [0.25, 0.3) is 0 Å². The van der Waals surface area contributed by atoms with Gasteiger partial charge in [-0.05, 0) is 35.1 Å². The zero-order chi connectivity index (χ0) is 22.6. The first kappa shape index (κ1) is 21.9. The van der Waals surface area contributed by atoms with Gasteiger partial charge < -0.3 is 20.5 Å². The summed E-state index contributed by atoms with van der Waals surface area (Å²) in [5, 5.41) is 14.7. The van der Waals surface area contributed by atoms with Crippen LogP contribution in [0.4, 0.5) is 4.79 Å². The summed E-state index contributed by atoms with van der Waals surface area (Å²) in [5.74, 6) is -1.35. The van der Waals surface area contributed by atoms with Gasteiger partial charge in [-0.1, -0.05) is 67.8 Å². The van der Waals surface area contributed by atoms with Gasteiger partial charge in [-0.3, -0.25) is 9.59 Å². The van der Waals surface area contributed by atoms with Crippen molar-refractivity contribution in [3.63, 3.8) is 0 Å². The Morgan fingerprint density at radius 3 is 2.09 bits per heavy atom. The van der Waals surface area contributed by atoms with E-state index in [0.29, 0.717) is 12.8 Å². The van der Waals surface area contributed by atoms with E-state index in [-0.39, 0.29) is 25.6 Å². The standard InChI is InChI=1S/C25H28N2O5/c28-22(27-16-25(23(29)30)12-6-1-7-13-25)14-26-24(31)32-15-21-19-10-4-2-8-17(19)18-9-3-5-11-20(18)21/h2-5,8-11,21H,1,6-7,12-16H2,(H,26,31)(H,27,28)(H,29,30). The molecule has 3 N–H and O–H groups in total. The van der Waals surface area contributed by atoms with Crippen LogP contribution in [0, 0.1) is 5.41 Å². The fraction of sp³-hybridized carbons (Fsp3) is 0.400. The van der Waals surface area contributed by atoms with E-state index in [1.807, 2.05) is 36.4 Å². The van der Waals surface area contributed by atoms with Crippen LogP contribution in [0.1, 0.15) is 49.1 Å². The molecule has 1 fully saturated rings. The molecule has 7 heteroatoms. The van der Waals surface area contributed by atoms with Gasteiger partial charge in [0, 0.05) is 12.5 Å². The molecule has 2 aliphatic carbocycles. The Balaban J connectivity index is 1.27. The molecule has 32 heavy (non-hydrogen) atoms. The Bertz CT molecular complexity index is 967. The summed E-state index contributed by atoms with van der Waals surface area (Å²) >= 11 is 0. The van der Waals surface area contributed by atoms with Crippen LogP contribution in [0.3, 0.4) is 0 Å². The lowest BCUT2D eigenvalue weighted by atomic mass is 9.74. The number of carboxylic acids is 1. The molecule has 1 saturated carbocycles. The van der Waals surface area contributed by atoms with Gasteiger partial charge in [-0.2, -0.15) is 0 Å². The quantitative estimate of drug-likeness (QED) is 0.614. The highest BCUT2D eigenvalue weighted by Gasteiger charge is 2.39. The molecule has 168 valence electrons. The molecule has 0 bridgehead atoms. The lowest BCUT2D eigenvalue weighted by Crippen LogP contribution is -2.46. The van der Waals surface area contributed by atoms with Crippen LogP contribution >= 0.6 is 0 Å². The lowest BCUT2D eigenvalue weighted by molar-refractivity contribution is -0.151. The van der Waals surface area contributed by atoms with E-state index in [1.54, 1.807) is 0 Å². The van der Waals surface area contributed by atoms with Crippen molar-refractivity contribution < 1.29 is 24.2 Å². The van der Waals surface area contributed by atoms with Crippen LogP contribution in [-0.2, 0) is 14.3 Å². The number of alkyl carbamates (subject to hydrolysis) is 1. The number of aliphatic carboxylic acids is 1. The van der Waals surface area contributed by atoms with Crippen molar-refractivity contribution in [2.45, 2.75) is 38.0 Å². The molecule has 0 aliphatic heterocycles. The molecule has 0 radical (unpaired) electrons. The van der Waals surface area contributed by atoms with E-state index in [0.717, 1.165) is 41.5 Å². The molecule has 4 rings (SSSR count). The van der Waals surface area contributed by atoms with Gasteiger partial charge >= 0.3 is 12.1 Å². The van der Waals surface area contributed by atoms with Gasteiger partial charge in [0.05, 0.1) is 12.0 Å². The topological polar surface area (TPSA) is 105 Å². The molecule has 0 atom stereocenters. The largest absolute Gasteiger partial charge is 0.481 e. The second-order valence-corrected chi connectivity index (χ2v) is 8.60. The molecule has 0 aromatic heterocycles. The number of hydrogen-bond acceptors (Lipinski definition) is 4. The van der Waals surface area contributed by atoms with Crippen LogP contribution in [-0.4, -0.2) is 42.8 Å². The number of rotatable bonds is 7.